The van der Waals surface area contributed by atoms with Gasteiger partial charge >= 0.3 is 5.69 Å². The fourth-order valence-electron chi connectivity index (χ4n) is 2.10. The number of piperidine rings is 1. The van der Waals surface area contributed by atoms with Gasteiger partial charge < -0.3 is 10.6 Å². The zero-order chi connectivity index (χ0) is 13.0. The summed E-state index contributed by atoms with van der Waals surface area (Å²) in [5, 5.41) is 17.2. The van der Waals surface area contributed by atoms with E-state index in [1.54, 1.807) is 6.07 Å². The number of nitrogens with zero attached hydrogens (tertiary/aromatic N) is 1. The molecule has 0 atom stereocenters. The molecule has 0 amide bonds. The van der Waals surface area contributed by atoms with Crippen LogP contribution in [0.2, 0.25) is 0 Å². The Bertz CT molecular complexity index is 433. The Morgan fingerprint density at radius 1 is 1.44 bits per heavy atom. The van der Waals surface area contributed by atoms with Crippen molar-refractivity contribution in [3.8, 4) is 0 Å². The third-order valence-electron chi connectivity index (χ3n) is 3.14. The second-order valence-electron chi connectivity index (χ2n) is 4.45. The van der Waals surface area contributed by atoms with Crippen molar-refractivity contribution in [2.45, 2.75) is 25.4 Å². The number of halogens is 1. The van der Waals surface area contributed by atoms with Gasteiger partial charge in [-0.3, -0.25) is 10.1 Å². The normalized spacial score (nSPS) is 16.7. The number of nitrogens with one attached hydrogen (secondary N) is 2. The molecule has 1 aromatic carbocycles. The summed E-state index contributed by atoms with van der Waals surface area (Å²) >= 11 is 0. The quantitative estimate of drug-likeness (QED) is 0.631. The molecule has 5 nitrogen and oxygen atoms in total. The monoisotopic (exact) mass is 253 g/mol. The van der Waals surface area contributed by atoms with Gasteiger partial charge in [0.05, 0.1) is 4.92 Å². The van der Waals surface area contributed by atoms with Gasteiger partial charge in [-0.15, -0.1) is 0 Å². The van der Waals surface area contributed by atoms with E-state index in [0.29, 0.717) is 12.6 Å². The van der Waals surface area contributed by atoms with Crippen LogP contribution in [0.1, 0.15) is 18.4 Å². The van der Waals surface area contributed by atoms with E-state index < -0.39 is 16.4 Å². The van der Waals surface area contributed by atoms with E-state index in [2.05, 4.69) is 10.6 Å². The molecular weight excluding hydrogens is 237 g/mol. The van der Waals surface area contributed by atoms with Crippen molar-refractivity contribution in [3.05, 3.63) is 39.7 Å². The molecule has 18 heavy (non-hydrogen) atoms. The van der Waals surface area contributed by atoms with Crippen molar-refractivity contribution in [1.82, 2.24) is 10.6 Å². The van der Waals surface area contributed by atoms with E-state index in [9.17, 15) is 14.5 Å². The van der Waals surface area contributed by atoms with Crippen LogP contribution in [0.15, 0.2) is 18.2 Å². The number of nitro benzene ring substituents is 1. The van der Waals surface area contributed by atoms with Gasteiger partial charge in [0.25, 0.3) is 0 Å². The fraction of sp³-hybridized carbons (Fsp3) is 0.500. The maximum atomic E-state index is 13.1. The zero-order valence-electron chi connectivity index (χ0n) is 9.99. The van der Waals surface area contributed by atoms with E-state index in [0.717, 1.165) is 37.6 Å². The van der Waals surface area contributed by atoms with Crippen LogP contribution < -0.4 is 10.6 Å². The minimum atomic E-state index is -0.786. The van der Waals surface area contributed by atoms with Gasteiger partial charge in [-0.05, 0) is 37.6 Å². The van der Waals surface area contributed by atoms with Crippen molar-refractivity contribution in [2.24, 2.45) is 0 Å². The summed E-state index contributed by atoms with van der Waals surface area (Å²) in [5.41, 5.74) is 0.279. The maximum Gasteiger partial charge on any atom is 0.305 e. The van der Waals surface area contributed by atoms with Crippen LogP contribution in [0.25, 0.3) is 0 Å². The number of benzene rings is 1. The molecule has 2 rings (SSSR count). The van der Waals surface area contributed by atoms with Crippen LogP contribution in [0, 0.1) is 15.9 Å². The fourth-order valence-corrected chi connectivity index (χ4v) is 2.10. The highest BCUT2D eigenvalue weighted by Gasteiger charge is 2.16. The van der Waals surface area contributed by atoms with E-state index in [4.69, 9.17) is 0 Å². The van der Waals surface area contributed by atoms with Crippen molar-refractivity contribution < 1.29 is 9.31 Å². The Hall–Kier alpha value is -1.53. The SMILES string of the molecule is O=[N+]([O-])c1cc(CNC2CCNCC2)ccc1F. The van der Waals surface area contributed by atoms with Crippen LogP contribution in [0.5, 0.6) is 0 Å². The summed E-state index contributed by atoms with van der Waals surface area (Å²) in [6.45, 7) is 2.51. The van der Waals surface area contributed by atoms with Gasteiger partial charge in [0.2, 0.25) is 5.82 Å². The first-order valence-electron chi connectivity index (χ1n) is 6.04. The van der Waals surface area contributed by atoms with Crippen LogP contribution in [0.3, 0.4) is 0 Å². The Kier molecular flexibility index (Phi) is 4.22. The molecular formula is C12H16FN3O2. The first-order chi connectivity index (χ1) is 8.66. The number of hydrogen-bond donors (Lipinski definition) is 2. The number of nitro groups is 1. The highest BCUT2D eigenvalue weighted by atomic mass is 19.1. The van der Waals surface area contributed by atoms with Crippen molar-refractivity contribution in [3.63, 3.8) is 0 Å². The molecule has 0 unspecified atom stereocenters. The van der Waals surface area contributed by atoms with E-state index in [-0.39, 0.29) is 0 Å². The highest BCUT2D eigenvalue weighted by molar-refractivity contribution is 5.36. The minimum absolute atomic E-state index is 0.426. The zero-order valence-corrected chi connectivity index (χ0v) is 9.99. The average molecular weight is 253 g/mol. The third-order valence-corrected chi connectivity index (χ3v) is 3.14. The number of rotatable bonds is 4. The van der Waals surface area contributed by atoms with Gasteiger partial charge in [-0.25, -0.2) is 0 Å². The molecule has 6 heteroatoms. The molecule has 0 spiro atoms. The lowest BCUT2D eigenvalue weighted by atomic mass is 10.1. The summed E-state index contributed by atoms with van der Waals surface area (Å²) < 4.78 is 13.1. The van der Waals surface area contributed by atoms with Crippen LogP contribution >= 0.6 is 0 Å². The molecule has 1 fully saturated rings. The topological polar surface area (TPSA) is 67.2 Å². The summed E-state index contributed by atoms with van der Waals surface area (Å²) in [6.07, 6.45) is 2.09. The largest absolute Gasteiger partial charge is 0.317 e. The summed E-state index contributed by atoms with van der Waals surface area (Å²) in [6, 6.07) is 4.45. The molecule has 2 N–H and O–H groups in total. The predicted octanol–water partition coefficient (Wildman–Crippen LogP) is 1.58. The molecule has 1 aliphatic heterocycles. The first kappa shape index (κ1) is 12.9. The maximum absolute atomic E-state index is 13.1. The first-order valence-corrected chi connectivity index (χ1v) is 6.04. The summed E-state index contributed by atoms with van der Waals surface area (Å²) in [4.78, 5) is 9.93. The van der Waals surface area contributed by atoms with Crippen LogP contribution in [0.4, 0.5) is 10.1 Å². The lowest BCUT2D eigenvalue weighted by Crippen LogP contribution is -2.39. The van der Waals surface area contributed by atoms with Gasteiger partial charge in [-0.1, -0.05) is 6.07 Å². The molecule has 0 bridgehead atoms. The summed E-state index contributed by atoms with van der Waals surface area (Å²) in [5.74, 6) is -0.786. The number of hydrogen-bond acceptors (Lipinski definition) is 4. The molecule has 0 saturated carbocycles. The van der Waals surface area contributed by atoms with Crippen LogP contribution in [-0.2, 0) is 6.54 Å². The van der Waals surface area contributed by atoms with Gasteiger partial charge in [-0.2, -0.15) is 4.39 Å². The van der Waals surface area contributed by atoms with E-state index >= 15 is 0 Å². The smallest absolute Gasteiger partial charge is 0.305 e. The van der Waals surface area contributed by atoms with Crippen molar-refractivity contribution in [2.75, 3.05) is 13.1 Å². The van der Waals surface area contributed by atoms with Gasteiger partial charge in [0.1, 0.15) is 0 Å². The average Bonchev–Trinajstić information content (AvgIpc) is 2.38. The Balaban J connectivity index is 1.96. The third kappa shape index (κ3) is 3.24. The van der Waals surface area contributed by atoms with Crippen molar-refractivity contribution >= 4 is 5.69 Å². The lowest BCUT2D eigenvalue weighted by molar-refractivity contribution is -0.387. The van der Waals surface area contributed by atoms with Gasteiger partial charge in [0.15, 0.2) is 0 Å². The minimum Gasteiger partial charge on any atom is -0.317 e. The standard InChI is InChI=1S/C12H16FN3O2/c13-11-2-1-9(7-12(11)16(17)18)8-15-10-3-5-14-6-4-10/h1-2,7,10,14-15H,3-6,8H2. The van der Waals surface area contributed by atoms with E-state index in [1.807, 2.05) is 0 Å². The Morgan fingerprint density at radius 2 is 2.17 bits per heavy atom. The van der Waals surface area contributed by atoms with E-state index in [1.165, 1.54) is 6.07 Å². The molecule has 1 heterocycles. The Labute approximate surface area is 105 Å². The second-order valence-corrected chi connectivity index (χ2v) is 4.45. The lowest BCUT2D eigenvalue weighted by Gasteiger charge is -2.23. The molecule has 0 aliphatic carbocycles. The summed E-state index contributed by atoms with van der Waals surface area (Å²) in [7, 11) is 0. The highest BCUT2D eigenvalue weighted by Crippen LogP contribution is 2.18. The molecule has 1 aliphatic rings. The molecule has 0 aromatic heterocycles. The Morgan fingerprint density at radius 3 is 2.83 bits per heavy atom. The molecule has 0 radical (unpaired) electrons. The molecule has 98 valence electrons. The molecule has 1 aromatic rings. The van der Waals surface area contributed by atoms with Crippen LogP contribution in [-0.4, -0.2) is 24.1 Å². The molecule has 1 saturated heterocycles. The predicted molar refractivity (Wildman–Crippen MR) is 65.8 cm³/mol. The van der Waals surface area contributed by atoms with Crippen molar-refractivity contribution in [1.29, 1.82) is 0 Å². The second kappa shape index (κ2) is 5.88. The van der Waals surface area contributed by atoms with Gasteiger partial charge in [0, 0.05) is 18.7 Å².